The zero-order valence-electron chi connectivity index (χ0n) is 31.3. The first kappa shape index (κ1) is 37.3. The molecule has 48 heavy (non-hydrogen) atoms. The molecule has 0 amide bonds. The standard InChI is InChI=1S/C41H65NO6/c1-36(2)20-22-41-23-21-39(6)28(34(41)35(36)48-27-41)16-17-30-38(5,24-25-42)29(18-19-40(30,39)7)37(3,4)31(43)26-47-33(46)15-13-11-9-8-10-12-14-32(44)45/h28-30,34-35H,8-24,26-27H2,1-7H3,(H,44,45)/t28-,29+,30-,34+,35-,38+,39-,40-,41-/m1/s1. The van der Waals surface area contributed by atoms with E-state index in [4.69, 9.17) is 14.6 Å². The van der Waals surface area contributed by atoms with Crippen LogP contribution < -0.4 is 0 Å². The van der Waals surface area contributed by atoms with Crippen LogP contribution in [0.4, 0.5) is 0 Å². The number of fused-ring (bicyclic) bond motifs is 3. The number of carbonyl (C=O) groups excluding carboxylic acids is 2. The zero-order chi connectivity index (χ0) is 35.2. The predicted octanol–water partition coefficient (Wildman–Crippen LogP) is 9.31. The van der Waals surface area contributed by atoms with Crippen molar-refractivity contribution in [1.29, 1.82) is 5.26 Å². The summed E-state index contributed by atoms with van der Waals surface area (Å²) in [6.45, 7) is 17.1. The highest BCUT2D eigenvalue weighted by Gasteiger charge is 2.72. The van der Waals surface area contributed by atoms with Crippen molar-refractivity contribution in [3.8, 4) is 6.07 Å². The van der Waals surface area contributed by atoms with E-state index in [0.29, 0.717) is 55.0 Å². The molecule has 0 unspecified atom stereocenters. The molecule has 2 bridgehead atoms. The van der Waals surface area contributed by atoms with E-state index in [9.17, 15) is 19.6 Å². The molecule has 0 spiro atoms. The van der Waals surface area contributed by atoms with Crippen molar-refractivity contribution in [2.24, 2.45) is 56.2 Å². The van der Waals surface area contributed by atoms with Crippen molar-refractivity contribution in [2.45, 2.75) is 164 Å². The Hall–Kier alpha value is -1.94. The third kappa shape index (κ3) is 6.28. The van der Waals surface area contributed by atoms with Crippen molar-refractivity contribution < 1.29 is 29.0 Å². The quantitative estimate of drug-likeness (QED) is 0.145. The molecule has 9 atom stereocenters. The topological polar surface area (TPSA) is 114 Å². The number of nitriles is 1. The lowest BCUT2D eigenvalue weighted by molar-refractivity contribution is -0.233. The number of hydrogen-bond donors (Lipinski definition) is 1. The number of hydrogen-bond acceptors (Lipinski definition) is 6. The molecule has 5 fully saturated rings. The fourth-order valence-corrected chi connectivity index (χ4v) is 12.8. The van der Waals surface area contributed by atoms with E-state index in [1.807, 2.05) is 13.8 Å². The molecule has 7 heteroatoms. The number of rotatable bonds is 14. The lowest BCUT2D eigenvalue weighted by atomic mass is 9.32. The van der Waals surface area contributed by atoms with E-state index < -0.39 is 11.4 Å². The average molecular weight is 668 g/mol. The van der Waals surface area contributed by atoms with E-state index in [1.165, 1.54) is 32.1 Å². The van der Waals surface area contributed by atoms with Gasteiger partial charge >= 0.3 is 11.9 Å². The minimum Gasteiger partial charge on any atom is -0.481 e. The fourth-order valence-electron chi connectivity index (χ4n) is 12.8. The minimum atomic E-state index is -0.753. The van der Waals surface area contributed by atoms with Gasteiger partial charge in [-0.05, 0) is 115 Å². The van der Waals surface area contributed by atoms with Crippen LogP contribution in [0.3, 0.4) is 0 Å². The summed E-state index contributed by atoms with van der Waals surface area (Å²) in [5.41, 5.74) is -0.199. The molecular formula is C41H65NO6. The largest absolute Gasteiger partial charge is 0.481 e. The highest BCUT2D eigenvalue weighted by molar-refractivity contribution is 5.87. The number of ether oxygens (including phenoxy) is 2. The second-order valence-electron chi connectivity index (χ2n) is 18.9. The van der Waals surface area contributed by atoms with Gasteiger partial charge < -0.3 is 14.6 Å². The Kier molecular flexibility index (Phi) is 10.6. The van der Waals surface area contributed by atoms with Gasteiger partial charge in [0.2, 0.25) is 0 Å². The molecule has 0 aromatic rings. The van der Waals surface area contributed by atoms with Crippen LogP contribution in [0, 0.1) is 67.5 Å². The molecule has 4 saturated carbocycles. The van der Waals surface area contributed by atoms with Crippen LogP contribution in [0.2, 0.25) is 0 Å². The van der Waals surface area contributed by atoms with E-state index in [0.717, 1.165) is 51.6 Å². The molecule has 0 aromatic carbocycles. The number of carboxylic acid groups (broad SMARTS) is 1. The van der Waals surface area contributed by atoms with Crippen molar-refractivity contribution in [3.63, 3.8) is 0 Å². The van der Waals surface area contributed by atoms with Crippen LogP contribution in [0.5, 0.6) is 0 Å². The Balaban J connectivity index is 1.23. The smallest absolute Gasteiger partial charge is 0.306 e. The van der Waals surface area contributed by atoms with Crippen molar-refractivity contribution in [1.82, 2.24) is 0 Å². The van der Waals surface area contributed by atoms with Gasteiger partial charge in [-0.2, -0.15) is 5.26 Å². The minimum absolute atomic E-state index is 0.0373. The fraction of sp³-hybridized carbons (Fsp3) is 0.902. The second kappa shape index (κ2) is 13.6. The van der Waals surface area contributed by atoms with Crippen molar-refractivity contribution in [2.75, 3.05) is 13.2 Å². The summed E-state index contributed by atoms with van der Waals surface area (Å²) < 4.78 is 12.3. The summed E-state index contributed by atoms with van der Waals surface area (Å²) in [4.78, 5) is 37.1. The molecule has 0 aromatic heterocycles. The number of esters is 1. The predicted molar refractivity (Wildman–Crippen MR) is 186 cm³/mol. The maximum Gasteiger partial charge on any atom is 0.306 e. The first-order valence-corrected chi connectivity index (χ1v) is 19.4. The first-order chi connectivity index (χ1) is 22.5. The SMILES string of the molecule is CC1(C)CC[C@]23CC[C@]4(C)[C@H](CC[C@@H]5[C@@](C)(CC#N)[C@H](C(C)(C)C(=O)COC(=O)CCCCCCCCC(=O)O)CC[C@]54C)[C@H]2[C@H]1OC3. The van der Waals surface area contributed by atoms with E-state index >= 15 is 0 Å². The second-order valence-corrected chi connectivity index (χ2v) is 18.9. The molecular weight excluding hydrogens is 602 g/mol. The number of ketones is 1. The van der Waals surface area contributed by atoms with Gasteiger partial charge in [0.15, 0.2) is 12.4 Å². The van der Waals surface area contributed by atoms with Gasteiger partial charge in [-0.3, -0.25) is 14.4 Å². The summed E-state index contributed by atoms with van der Waals surface area (Å²) in [5, 5.41) is 19.0. The van der Waals surface area contributed by atoms with Gasteiger partial charge in [0, 0.05) is 24.7 Å². The van der Waals surface area contributed by atoms with Crippen LogP contribution in [-0.4, -0.2) is 42.1 Å². The van der Waals surface area contributed by atoms with Crippen molar-refractivity contribution in [3.05, 3.63) is 0 Å². The first-order valence-electron chi connectivity index (χ1n) is 19.4. The summed E-state index contributed by atoms with van der Waals surface area (Å²) >= 11 is 0. The molecule has 1 heterocycles. The number of carboxylic acids is 1. The normalized spacial score (nSPS) is 39.8. The number of Topliss-reactive ketones (excluding diaryl/α,β-unsaturated/α-hetero) is 1. The van der Waals surface area contributed by atoms with Crippen LogP contribution in [0.15, 0.2) is 0 Å². The lowest BCUT2D eigenvalue weighted by Gasteiger charge is -2.72. The summed E-state index contributed by atoms with van der Waals surface area (Å²) in [6.07, 6.45) is 15.7. The zero-order valence-corrected chi connectivity index (χ0v) is 31.3. The Labute approximate surface area is 290 Å². The van der Waals surface area contributed by atoms with Gasteiger partial charge in [-0.15, -0.1) is 0 Å². The van der Waals surface area contributed by atoms with Gasteiger partial charge in [-0.1, -0.05) is 74.1 Å². The number of aliphatic carboxylic acids is 1. The Morgan fingerprint density at radius 1 is 0.854 bits per heavy atom. The maximum absolute atomic E-state index is 13.9. The highest BCUT2D eigenvalue weighted by Crippen LogP contribution is 2.77. The molecule has 1 N–H and O–H groups in total. The number of nitrogens with zero attached hydrogens (tertiary/aromatic N) is 1. The molecule has 0 radical (unpaired) electrons. The molecule has 5 rings (SSSR count). The third-order valence-corrected chi connectivity index (χ3v) is 15.8. The lowest BCUT2D eigenvalue weighted by Crippen LogP contribution is -2.66. The van der Waals surface area contributed by atoms with Gasteiger partial charge in [0.1, 0.15) is 0 Å². The number of carbonyl (C=O) groups is 3. The molecule has 5 aliphatic rings. The molecule has 270 valence electrons. The molecule has 1 saturated heterocycles. The van der Waals surface area contributed by atoms with Crippen LogP contribution in [0.1, 0.15) is 158 Å². The summed E-state index contributed by atoms with van der Waals surface area (Å²) in [5.74, 6) is 0.529. The van der Waals surface area contributed by atoms with E-state index in [-0.39, 0.29) is 52.4 Å². The monoisotopic (exact) mass is 667 g/mol. The third-order valence-electron chi connectivity index (χ3n) is 15.8. The van der Waals surface area contributed by atoms with Crippen LogP contribution in [-0.2, 0) is 23.9 Å². The maximum atomic E-state index is 13.9. The highest BCUT2D eigenvalue weighted by atomic mass is 16.5. The average Bonchev–Trinajstić information content (AvgIpc) is 3.35. The molecule has 1 aliphatic heterocycles. The van der Waals surface area contributed by atoms with Crippen molar-refractivity contribution >= 4 is 17.7 Å². The summed E-state index contributed by atoms with van der Waals surface area (Å²) in [6, 6.07) is 2.59. The van der Waals surface area contributed by atoms with Gasteiger partial charge in [0.05, 0.1) is 18.8 Å². The van der Waals surface area contributed by atoms with Crippen LogP contribution >= 0.6 is 0 Å². The Bertz CT molecular complexity index is 1270. The van der Waals surface area contributed by atoms with Crippen LogP contribution in [0.25, 0.3) is 0 Å². The molecule has 7 nitrogen and oxygen atoms in total. The Morgan fingerprint density at radius 2 is 1.50 bits per heavy atom. The van der Waals surface area contributed by atoms with E-state index in [1.54, 1.807) is 0 Å². The molecule has 4 aliphatic carbocycles. The van der Waals surface area contributed by atoms with E-state index in [2.05, 4.69) is 40.7 Å². The number of unbranched alkanes of at least 4 members (excludes halogenated alkanes) is 5. The summed E-state index contributed by atoms with van der Waals surface area (Å²) in [7, 11) is 0. The van der Waals surface area contributed by atoms with Gasteiger partial charge in [-0.25, -0.2) is 0 Å². The Morgan fingerprint density at radius 3 is 2.17 bits per heavy atom. The van der Waals surface area contributed by atoms with Gasteiger partial charge in [0.25, 0.3) is 0 Å².